The van der Waals surface area contributed by atoms with E-state index in [2.05, 4.69) is 47.9 Å². The highest BCUT2D eigenvalue weighted by Crippen LogP contribution is 2.17. The maximum absolute atomic E-state index is 14.1. The van der Waals surface area contributed by atoms with E-state index in [-0.39, 0.29) is 113 Å². The van der Waals surface area contributed by atoms with Crippen LogP contribution in [0.2, 0.25) is 0 Å². The minimum atomic E-state index is -2.12. The fourth-order valence-electron chi connectivity index (χ4n) is 10.2. The smallest absolute Gasteiger partial charge is 0.322 e. The summed E-state index contributed by atoms with van der Waals surface area (Å²) >= 11 is 0. The largest absolute Gasteiger partial charge is 0.491 e. The molecule has 0 bridgehead atoms. The lowest BCUT2D eigenvalue weighted by Crippen LogP contribution is -2.60. The molecule has 0 aromatic heterocycles. The van der Waals surface area contributed by atoms with Crippen LogP contribution in [0.25, 0.3) is 0 Å². The van der Waals surface area contributed by atoms with E-state index in [1.54, 1.807) is 76.2 Å². The number of rotatable bonds is 55. The molecular formula is C73H104N12O25. The summed E-state index contributed by atoms with van der Waals surface area (Å²) in [5.41, 5.74) is 1.77. The number of carboxylic acids is 4. The number of benzene rings is 3. The average molecular weight is 1550 g/mol. The summed E-state index contributed by atoms with van der Waals surface area (Å²) in [4.78, 5) is 205. The van der Waals surface area contributed by atoms with Crippen LogP contribution in [0.15, 0.2) is 72.8 Å². The first-order valence-electron chi connectivity index (χ1n) is 35.9. The summed E-state index contributed by atoms with van der Waals surface area (Å²) in [5, 5.41) is 75.8. The number of carbonyl (C=O) groups is 16. The number of aliphatic carboxylic acids is 4. The van der Waals surface area contributed by atoms with E-state index in [0.29, 0.717) is 80.5 Å². The number of amides is 12. The highest BCUT2D eigenvalue weighted by Gasteiger charge is 2.36. The maximum atomic E-state index is 14.1. The Kier molecular flexibility index (Phi) is 43.3. The lowest BCUT2D eigenvalue weighted by Gasteiger charge is -2.28. The number of aliphatic hydroxyl groups excluding tert-OH is 1. The molecule has 37 heteroatoms. The van der Waals surface area contributed by atoms with Crippen LogP contribution in [0.4, 0.5) is 11.4 Å². The number of hydrogen-bond donors (Lipinski definition) is 17. The van der Waals surface area contributed by atoms with Crippen molar-refractivity contribution in [2.24, 2.45) is 17.8 Å². The molecular weight excluding hydrogens is 1440 g/mol. The Bertz CT molecular complexity index is 3540. The van der Waals surface area contributed by atoms with Crippen LogP contribution in [-0.4, -0.2) is 236 Å². The zero-order valence-electron chi connectivity index (χ0n) is 62.5. The second-order valence-corrected chi connectivity index (χ2v) is 26.5. The summed E-state index contributed by atoms with van der Waals surface area (Å²) in [5.74, 6) is -16.1. The van der Waals surface area contributed by atoms with Crippen LogP contribution in [0.5, 0.6) is 5.75 Å². The lowest BCUT2D eigenvalue weighted by atomic mass is 9.98. The van der Waals surface area contributed by atoms with Crippen LogP contribution >= 0.6 is 0 Å². The second kappa shape index (κ2) is 51.2. The fourth-order valence-corrected chi connectivity index (χ4v) is 10.2. The van der Waals surface area contributed by atoms with Gasteiger partial charge in [0.25, 0.3) is 17.7 Å². The zero-order chi connectivity index (χ0) is 81.7. The Balaban J connectivity index is 1.43. The van der Waals surface area contributed by atoms with Crippen molar-refractivity contribution in [3.8, 4) is 5.75 Å². The van der Waals surface area contributed by atoms with E-state index in [4.69, 9.17) is 29.2 Å². The van der Waals surface area contributed by atoms with E-state index in [0.717, 1.165) is 0 Å². The van der Waals surface area contributed by atoms with Crippen molar-refractivity contribution in [2.45, 2.75) is 155 Å². The number of unbranched alkanes of at least 4 members (excludes halogenated alkanes) is 2. The number of anilines is 2. The summed E-state index contributed by atoms with van der Waals surface area (Å²) in [7, 11) is 0. The molecule has 0 aliphatic rings. The minimum Gasteiger partial charge on any atom is -0.491 e. The van der Waals surface area contributed by atoms with Crippen molar-refractivity contribution in [3.05, 3.63) is 89.5 Å². The molecule has 12 amide bonds. The Hall–Kier alpha value is -11.2. The molecule has 3 aromatic carbocycles. The number of carboxylic acid groups (broad SMARTS) is 4. The van der Waals surface area contributed by atoms with Crippen molar-refractivity contribution in [2.75, 3.05) is 89.7 Å². The normalized spacial score (nSPS) is 12.6. The molecule has 3 aromatic rings. The molecule has 0 saturated heterocycles. The Morgan fingerprint density at radius 1 is 0.336 bits per heavy atom. The summed E-state index contributed by atoms with van der Waals surface area (Å²) in [6.07, 6.45) is -2.19. The van der Waals surface area contributed by atoms with Gasteiger partial charge in [-0.05, 0) is 123 Å². The van der Waals surface area contributed by atoms with Gasteiger partial charge in [0.2, 0.25) is 53.2 Å². The third-order valence-electron chi connectivity index (χ3n) is 15.6. The first-order valence-corrected chi connectivity index (χ1v) is 35.9. The molecule has 3 rings (SSSR count). The van der Waals surface area contributed by atoms with Gasteiger partial charge in [-0.2, -0.15) is 0 Å². The van der Waals surface area contributed by atoms with Gasteiger partial charge in [-0.1, -0.05) is 48.0 Å². The number of ether oxygens (including phenoxy) is 4. The maximum Gasteiger partial charge on any atom is 0.322 e. The van der Waals surface area contributed by atoms with Gasteiger partial charge in [0.05, 0.1) is 65.5 Å². The number of hydrogen-bond acceptors (Lipinski definition) is 21. The molecule has 0 heterocycles. The zero-order valence-corrected chi connectivity index (χ0v) is 62.5. The third-order valence-corrected chi connectivity index (χ3v) is 15.6. The van der Waals surface area contributed by atoms with Gasteiger partial charge in [0.1, 0.15) is 55.2 Å². The van der Waals surface area contributed by atoms with Gasteiger partial charge in [-0.15, -0.1) is 0 Å². The van der Waals surface area contributed by atoms with Crippen LogP contribution in [0.3, 0.4) is 0 Å². The summed E-state index contributed by atoms with van der Waals surface area (Å²) in [6.45, 7) is 12.2. The third kappa shape index (κ3) is 39.6. The van der Waals surface area contributed by atoms with Crippen molar-refractivity contribution in [1.82, 2.24) is 53.2 Å². The van der Waals surface area contributed by atoms with Gasteiger partial charge >= 0.3 is 23.9 Å². The van der Waals surface area contributed by atoms with Crippen molar-refractivity contribution < 1.29 is 121 Å². The monoisotopic (exact) mass is 1550 g/mol. The number of carbonyl (C=O) groups excluding carboxylic acids is 12. The van der Waals surface area contributed by atoms with E-state index in [1.807, 2.05) is 29.8 Å². The molecule has 0 aliphatic heterocycles. The van der Waals surface area contributed by atoms with Crippen LogP contribution < -0.4 is 68.5 Å². The minimum absolute atomic E-state index is 0.00252. The lowest BCUT2D eigenvalue weighted by molar-refractivity contribution is -0.144. The highest BCUT2D eigenvalue weighted by molar-refractivity contribution is 6.01. The highest BCUT2D eigenvalue weighted by atomic mass is 16.6. The predicted octanol–water partition coefficient (Wildman–Crippen LogP) is 0.587. The summed E-state index contributed by atoms with van der Waals surface area (Å²) < 4.78 is 21.6. The van der Waals surface area contributed by atoms with Crippen LogP contribution in [0.1, 0.15) is 150 Å². The van der Waals surface area contributed by atoms with E-state index in [9.17, 15) is 92.0 Å². The van der Waals surface area contributed by atoms with Gasteiger partial charge in [0, 0.05) is 67.0 Å². The van der Waals surface area contributed by atoms with Crippen molar-refractivity contribution in [1.29, 1.82) is 0 Å². The Morgan fingerprint density at radius 3 is 1.05 bits per heavy atom. The van der Waals surface area contributed by atoms with E-state index in [1.165, 1.54) is 24.3 Å². The standard InChI is InChI=1S/C73H104N12O25/c1-43(2)36-52(69(102)81-53(37-44(3)4)70(103)82-54(38-45(5)6)71(104)84-57(41-63(94)95)73(106)85-56(40-62(92)93)72(105)83-55(39-61(90)91)68(101)77-42-64(96)97)80-58(87)10-8-7-9-25-74-65(98)46-11-17-49(18-12-46)78-59(88)23-26-75-66(99)47-13-19-50(20-14-47)79-60(89)24-27-76-67(100)48-15-21-51(22-16-48)110-35-34-109-33-32-108-31-30-107-29-28-86/h11-22,43-45,52-57,86H,7-10,23-42H2,1-6H3,(H,74,98)(H,75,99)(H,76,100)(H,77,101)(H,78,88)(H,79,89)(H,80,87)(H,81,102)(H,82,103)(H,83,105)(H,84,104)(H,85,106)(H,90,91)(H,92,93)(H,94,95)(H,96,97)/t52-,53-,54-,55-,56-,57-/m0/s1. The van der Waals surface area contributed by atoms with E-state index >= 15 is 0 Å². The SMILES string of the molecule is CC(C)C[C@H](NC(=O)CCCCCNC(=O)c1ccc(NC(=O)CCNC(=O)c2ccc(NC(=O)CCNC(=O)c3ccc(OCCOCCOCCOCCO)cc3)cc2)cc1)C(=O)N[C@@H](CC(C)C)C(=O)N[C@@H](CC(C)C)C(=O)N[C@@H](CC(=O)O)C(=O)N[C@@H](CC(=O)O)C(=O)N[C@@H](CC(=O)O)C(=O)NCC(=O)O. The average Bonchev–Trinajstić information content (AvgIpc) is 0.860. The molecule has 0 unspecified atom stereocenters. The van der Waals surface area contributed by atoms with Crippen LogP contribution in [-0.2, 0) is 76.5 Å². The Morgan fingerprint density at radius 2 is 0.673 bits per heavy atom. The fraction of sp³-hybridized carbons (Fsp3) is 0.534. The molecule has 0 saturated carbocycles. The second-order valence-electron chi connectivity index (χ2n) is 26.5. The molecule has 0 fully saturated rings. The molecule has 0 spiro atoms. The first kappa shape index (κ1) is 93.0. The number of aliphatic hydroxyl groups is 1. The van der Waals surface area contributed by atoms with Gasteiger partial charge in [-0.3, -0.25) is 76.7 Å². The molecule has 37 nitrogen and oxygen atoms in total. The molecule has 0 radical (unpaired) electrons. The predicted molar refractivity (Wildman–Crippen MR) is 394 cm³/mol. The van der Waals surface area contributed by atoms with E-state index < -0.39 is 145 Å². The molecule has 17 N–H and O–H groups in total. The van der Waals surface area contributed by atoms with Crippen molar-refractivity contribution in [3.63, 3.8) is 0 Å². The summed E-state index contributed by atoms with van der Waals surface area (Å²) in [6, 6.07) is 8.62. The molecule has 6 atom stereocenters. The van der Waals surface area contributed by atoms with Crippen LogP contribution in [0, 0.1) is 17.8 Å². The topological polar surface area (TPSA) is 556 Å². The van der Waals surface area contributed by atoms with Gasteiger partial charge in [-0.25, -0.2) is 0 Å². The molecule has 110 heavy (non-hydrogen) atoms. The molecule has 606 valence electrons. The van der Waals surface area contributed by atoms with Gasteiger partial charge in [0.15, 0.2) is 0 Å². The van der Waals surface area contributed by atoms with Gasteiger partial charge < -0.3 is 108 Å². The first-order chi connectivity index (χ1) is 52.2. The Labute approximate surface area is 635 Å². The van der Waals surface area contributed by atoms with Crippen molar-refractivity contribution >= 4 is 106 Å². The molecule has 0 aliphatic carbocycles. The quantitative estimate of drug-likeness (QED) is 0.0344. The number of nitrogens with one attached hydrogen (secondary N) is 12.